The molecule has 0 heterocycles. The molecule has 0 atom stereocenters. The third-order valence-corrected chi connectivity index (χ3v) is 8.46. The molecular weight excluding hydrogens is 312 g/mol. The van der Waals surface area contributed by atoms with Gasteiger partial charge in [0, 0.05) is 5.33 Å². The summed E-state index contributed by atoms with van der Waals surface area (Å²) < 4.78 is 25.2. The number of halogens is 1. The molecule has 0 N–H and O–H groups in total. The Labute approximate surface area is 120 Å². The number of rotatable bonds is 4. The zero-order valence-electron chi connectivity index (χ0n) is 11.2. The molecule has 106 valence electrons. The summed E-state index contributed by atoms with van der Waals surface area (Å²) in [4.78, 5) is 0. The Morgan fingerprint density at radius 2 is 1.50 bits per heavy atom. The molecule has 0 aromatic rings. The Morgan fingerprint density at radius 3 is 2.06 bits per heavy atom. The van der Waals surface area contributed by atoms with Crippen LogP contribution in [0.4, 0.5) is 0 Å². The molecule has 0 amide bonds. The fourth-order valence-electron chi connectivity index (χ4n) is 3.59. The Morgan fingerprint density at radius 1 is 0.944 bits per heavy atom. The van der Waals surface area contributed by atoms with Gasteiger partial charge in [-0.3, -0.25) is 0 Å². The average Bonchev–Trinajstić information content (AvgIpc) is 2.40. The molecule has 0 spiro atoms. The van der Waals surface area contributed by atoms with Crippen molar-refractivity contribution in [2.75, 3.05) is 11.1 Å². The van der Waals surface area contributed by atoms with Crippen molar-refractivity contribution in [2.24, 2.45) is 5.41 Å². The van der Waals surface area contributed by atoms with E-state index < -0.39 is 9.84 Å². The van der Waals surface area contributed by atoms with Crippen LogP contribution in [0.25, 0.3) is 0 Å². The van der Waals surface area contributed by atoms with E-state index in [2.05, 4.69) is 15.9 Å². The third-order valence-electron chi connectivity index (χ3n) is 4.77. The molecule has 4 heteroatoms. The standard InChI is InChI=1S/C14H25BrO2S/c15-11-14(9-5-2-6-10-14)12-18(16,17)13-7-3-1-4-8-13/h13H,1-12H2. The van der Waals surface area contributed by atoms with Crippen molar-refractivity contribution in [3.8, 4) is 0 Å². The normalized spacial score (nSPS) is 26.1. The van der Waals surface area contributed by atoms with Crippen molar-refractivity contribution in [3.05, 3.63) is 0 Å². The van der Waals surface area contributed by atoms with Crippen LogP contribution in [0.1, 0.15) is 64.2 Å². The van der Waals surface area contributed by atoms with Gasteiger partial charge in [-0.2, -0.15) is 0 Å². The highest BCUT2D eigenvalue weighted by Crippen LogP contribution is 2.40. The minimum Gasteiger partial charge on any atom is -0.229 e. The molecule has 2 fully saturated rings. The lowest BCUT2D eigenvalue weighted by Gasteiger charge is -2.37. The first-order valence-electron chi connectivity index (χ1n) is 7.36. The highest BCUT2D eigenvalue weighted by Gasteiger charge is 2.39. The minimum atomic E-state index is -2.88. The average molecular weight is 337 g/mol. The Bertz CT molecular complexity index is 352. The van der Waals surface area contributed by atoms with E-state index in [4.69, 9.17) is 0 Å². The van der Waals surface area contributed by atoms with Gasteiger partial charge < -0.3 is 0 Å². The van der Waals surface area contributed by atoms with Crippen LogP contribution in [0.5, 0.6) is 0 Å². The quantitative estimate of drug-likeness (QED) is 0.725. The molecule has 2 nitrogen and oxygen atoms in total. The van der Waals surface area contributed by atoms with E-state index in [1.54, 1.807) is 0 Å². The van der Waals surface area contributed by atoms with E-state index in [9.17, 15) is 8.42 Å². The number of alkyl halides is 1. The number of hydrogen-bond donors (Lipinski definition) is 0. The van der Waals surface area contributed by atoms with Crippen molar-refractivity contribution in [3.63, 3.8) is 0 Å². The van der Waals surface area contributed by atoms with Crippen molar-refractivity contribution in [1.29, 1.82) is 0 Å². The maximum atomic E-state index is 12.6. The van der Waals surface area contributed by atoms with Crippen LogP contribution in [-0.4, -0.2) is 24.8 Å². The highest BCUT2D eigenvalue weighted by atomic mass is 79.9. The smallest absolute Gasteiger partial charge is 0.153 e. The summed E-state index contributed by atoms with van der Waals surface area (Å²) in [6.45, 7) is 0. The van der Waals surface area contributed by atoms with Gasteiger partial charge in [0.05, 0.1) is 11.0 Å². The molecule has 2 aliphatic carbocycles. The molecule has 2 rings (SSSR count). The Balaban J connectivity index is 2.05. The molecule has 0 aromatic heterocycles. The summed E-state index contributed by atoms with van der Waals surface area (Å²) >= 11 is 3.58. The maximum absolute atomic E-state index is 12.6. The van der Waals surface area contributed by atoms with Gasteiger partial charge in [0.1, 0.15) is 0 Å². The van der Waals surface area contributed by atoms with Gasteiger partial charge in [0.25, 0.3) is 0 Å². The van der Waals surface area contributed by atoms with E-state index in [1.807, 2.05) is 0 Å². The third kappa shape index (κ3) is 3.50. The predicted octanol–water partition coefficient (Wildman–Crippen LogP) is 4.08. The fourth-order valence-corrected chi connectivity index (χ4v) is 7.14. The van der Waals surface area contributed by atoms with E-state index >= 15 is 0 Å². The Hall–Kier alpha value is 0.430. The van der Waals surface area contributed by atoms with Crippen LogP contribution in [0.15, 0.2) is 0 Å². The summed E-state index contributed by atoms with van der Waals surface area (Å²) in [6.07, 6.45) is 11.1. The largest absolute Gasteiger partial charge is 0.229 e. The van der Waals surface area contributed by atoms with Crippen molar-refractivity contribution in [2.45, 2.75) is 69.5 Å². The highest BCUT2D eigenvalue weighted by molar-refractivity contribution is 9.09. The molecule has 0 radical (unpaired) electrons. The number of sulfone groups is 1. The second-order valence-electron chi connectivity index (χ2n) is 6.26. The monoisotopic (exact) mass is 336 g/mol. The molecule has 2 saturated carbocycles. The van der Waals surface area contributed by atoms with E-state index in [-0.39, 0.29) is 10.7 Å². The molecule has 18 heavy (non-hydrogen) atoms. The fraction of sp³-hybridized carbons (Fsp3) is 1.00. The van der Waals surface area contributed by atoms with Gasteiger partial charge in [-0.05, 0) is 31.1 Å². The Kier molecular flexibility index (Phi) is 5.15. The van der Waals surface area contributed by atoms with Crippen LogP contribution in [0.3, 0.4) is 0 Å². The van der Waals surface area contributed by atoms with Gasteiger partial charge >= 0.3 is 0 Å². The van der Waals surface area contributed by atoms with Crippen molar-refractivity contribution in [1.82, 2.24) is 0 Å². The summed E-state index contributed by atoms with van der Waals surface area (Å²) in [6, 6.07) is 0. The van der Waals surface area contributed by atoms with Crippen LogP contribution < -0.4 is 0 Å². The maximum Gasteiger partial charge on any atom is 0.153 e. The topological polar surface area (TPSA) is 34.1 Å². The van der Waals surface area contributed by atoms with E-state index in [0.717, 1.165) is 43.9 Å². The molecule has 0 unspecified atom stereocenters. The zero-order valence-corrected chi connectivity index (χ0v) is 13.6. The molecule has 0 saturated heterocycles. The van der Waals surface area contributed by atoms with Gasteiger partial charge in [0.15, 0.2) is 9.84 Å². The number of hydrogen-bond acceptors (Lipinski definition) is 2. The van der Waals surface area contributed by atoms with Crippen molar-refractivity contribution < 1.29 is 8.42 Å². The van der Waals surface area contributed by atoms with E-state index in [0.29, 0.717) is 5.75 Å². The lowest BCUT2D eigenvalue weighted by Crippen LogP contribution is -2.38. The second-order valence-corrected chi connectivity index (χ2v) is 9.10. The molecular formula is C14H25BrO2S. The lowest BCUT2D eigenvalue weighted by molar-refractivity contribution is 0.255. The van der Waals surface area contributed by atoms with Crippen molar-refractivity contribution >= 4 is 25.8 Å². The predicted molar refractivity (Wildman–Crippen MR) is 80.0 cm³/mol. The summed E-state index contributed by atoms with van der Waals surface area (Å²) in [5, 5.41) is 0.815. The second kappa shape index (κ2) is 6.25. The van der Waals surface area contributed by atoms with Crippen LogP contribution >= 0.6 is 15.9 Å². The first-order valence-corrected chi connectivity index (χ1v) is 10.2. The summed E-state index contributed by atoms with van der Waals surface area (Å²) in [5.74, 6) is 0.427. The van der Waals surface area contributed by atoms with Crippen LogP contribution in [-0.2, 0) is 9.84 Å². The van der Waals surface area contributed by atoms with Crippen LogP contribution in [0, 0.1) is 5.41 Å². The lowest BCUT2D eigenvalue weighted by atomic mass is 9.77. The van der Waals surface area contributed by atoms with Gasteiger partial charge in [-0.15, -0.1) is 0 Å². The van der Waals surface area contributed by atoms with Gasteiger partial charge in [-0.25, -0.2) is 8.42 Å². The molecule has 0 bridgehead atoms. The summed E-state index contributed by atoms with van der Waals surface area (Å²) in [7, 11) is -2.88. The molecule has 2 aliphatic rings. The zero-order chi connectivity index (χ0) is 13.1. The first-order chi connectivity index (χ1) is 8.58. The van der Waals surface area contributed by atoms with E-state index in [1.165, 1.54) is 25.7 Å². The molecule has 0 aliphatic heterocycles. The molecule has 0 aromatic carbocycles. The van der Waals surface area contributed by atoms with Gasteiger partial charge in [-0.1, -0.05) is 54.5 Å². The SMILES string of the molecule is O=S(=O)(CC1(CBr)CCCCC1)C1CCCCC1. The summed E-state index contributed by atoms with van der Waals surface area (Å²) in [5.41, 5.74) is 0.0362. The first kappa shape index (κ1) is 14.8. The van der Waals surface area contributed by atoms with Crippen LogP contribution in [0.2, 0.25) is 0 Å². The minimum absolute atomic E-state index is 0.0362. The van der Waals surface area contributed by atoms with Gasteiger partial charge in [0.2, 0.25) is 0 Å².